The lowest BCUT2D eigenvalue weighted by molar-refractivity contribution is 0.472. The van der Waals surface area contributed by atoms with E-state index in [1.807, 2.05) is 38.1 Å². The van der Waals surface area contributed by atoms with Gasteiger partial charge in [-0.05, 0) is 61.9 Å². The Kier molecular flexibility index (Phi) is 5.68. The zero-order valence-corrected chi connectivity index (χ0v) is 14.8. The van der Waals surface area contributed by atoms with Crippen molar-refractivity contribution in [3.05, 3.63) is 56.5 Å². The molecule has 0 spiro atoms. The van der Waals surface area contributed by atoms with Crippen molar-refractivity contribution in [1.82, 2.24) is 5.32 Å². The van der Waals surface area contributed by atoms with Crippen molar-refractivity contribution in [1.29, 1.82) is 0 Å². The SMILES string of the molecule is CCNCc1cc(Br)ccc1Oc1cc(C)c(Cl)c(C)c1. The summed E-state index contributed by atoms with van der Waals surface area (Å²) >= 11 is 9.71. The summed E-state index contributed by atoms with van der Waals surface area (Å²) in [6.45, 7) is 7.76. The van der Waals surface area contributed by atoms with E-state index < -0.39 is 0 Å². The molecule has 0 bridgehead atoms. The van der Waals surface area contributed by atoms with Crippen LogP contribution in [0.25, 0.3) is 0 Å². The second-order valence-electron chi connectivity index (χ2n) is 5.01. The molecule has 0 heterocycles. The molecule has 0 aromatic heterocycles. The van der Waals surface area contributed by atoms with Gasteiger partial charge in [-0.25, -0.2) is 0 Å². The Morgan fingerprint density at radius 1 is 1.14 bits per heavy atom. The third kappa shape index (κ3) is 4.22. The summed E-state index contributed by atoms with van der Waals surface area (Å²) in [5.74, 6) is 1.68. The van der Waals surface area contributed by atoms with Gasteiger partial charge in [0, 0.05) is 21.6 Å². The molecule has 2 aromatic rings. The molecule has 0 aliphatic rings. The van der Waals surface area contributed by atoms with Gasteiger partial charge in [-0.1, -0.05) is 34.5 Å². The molecule has 2 nitrogen and oxygen atoms in total. The zero-order valence-electron chi connectivity index (χ0n) is 12.5. The maximum atomic E-state index is 6.20. The summed E-state index contributed by atoms with van der Waals surface area (Å²) in [5, 5.41) is 4.13. The van der Waals surface area contributed by atoms with E-state index in [4.69, 9.17) is 16.3 Å². The molecule has 21 heavy (non-hydrogen) atoms. The molecule has 0 amide bonds. The molecule has 0 saturated heterocycles. The van der Waals surface area contributed by atoms with E-state index in [0.29, 0.717) is 0 Å². The van der Waals surface area contributed by atoms with Gasteiger partial charge in [0.05, 0.1) is 0 Å². The number of hydrogen-bond donors (Lipinski definition) is 1. The van der Waals surface area contributed by atoms with E-state index >= 15 is 0 Å². The number of ether oxygens (including phenoxy) is 1. The van der Waals surface area contributed by atoms with Crippen molar-refractivity contribution < 1.29 is 4.74 Å². The summed E-state index contributed by atoms with van der Waals surface area (Å²) in [4.78, 5) is 0. The molecule has 2 aromatic carbocycles. The van der Waals surface area contributed by atoms with E-state index in [1.54, 1.807) is 0 Å². The largest absolute Gasteiger partial charge is 0.457 e. The molecular formula is C17H19BrClNO. The van der Waals surface area contributed by atoms with Crippen LogP contribution in [0, 0.1) is 13.8 Å². The highest BCUT2D eigenvalue weighted by Gasteiger charge is 2.08. The maximum Gasteiger partial charge on any atom is 0.131 e. The first kappa shape index (κ1) is 16.3. The van der Waals surface area contributed by atoms with Crippen molar-refractivity contribution in [2.45, 2.75) is 27.3 Å². The standard InChI is InChI=1S/C17H19BrClNO/c1-4-20-10-13-9-14(18)5-6-16(13)21-15-7-11(2)17(19)12(3)8-15/h5-9,20H,4,10H2,1-3H3. The third-order valence-corrected chi connectivity index (χ3v) is 4.32. The first-order chi connectivity index (χ1) is 10.0. The van der Waals surface area contributed by atoms with Gasteiger partial charge in [0.2, 0.25) is 0 Å². The molecule has 0 unspecified atom stereocenters. The minimum Gasteiger partial charge on any atom is -0.457 e. The van der Waals surface area contributed by atoms with E-state index in [-0.39, 0.29) is 0 Å². The van der Waals surface area contributed by atoms with Crippen LogP contribution >= 0.6 is 27.5 Å². The number of nitrogens with one attached hydrogen (secondary N) is 1. The van der Waals surface area contributed by atoms with Crippen LogP contribution in [0.15, 0.2) is 34.8 Å². The van der Waals surface area contributed by atoms with Crippen molar-refractivity contribution >= 4 is 27.5 Å². The first-order valence-electron chi connectivity index (χ1n) is 6.95. The average molecular weight is 369 g/mol. The molecular weight excluding hydrogens is 350 g/mol. The van der Waals surface area contributed by atoms with Gasteiger partial charge in [-0.2, -0.15) is 0 Å². The van der Waals surface area contributed by atoms with Crippen molar-refractivity contribution in [3.63, 3.8) is 0 Å². The lowest BCUT2D eigenvalue weighted by atomic mass is 10.1. The molecule has 4 heteroatoms. The molecule has 0 aliphatic heterocycles. The second-order valence-corrected chi connectivity index (χ2v) is 6.30. The highest BCUT2D eigenvalue weighted by atomic mass is 79.9. The number of hydrogen-bond acceptors (Lipinski definition) is 2. The Balaban J connectivity index is 2.30. The van der Waals surface area contributed by atoms with Crippen LogP contribution in [0.3, 0.4) is 0 Å². The van der Waals surface area contributed by atoms with Crippen LogP contribution in [0.4, 0.5) is 0 Å². The monoisotopic (exact) mass is 367 g/mol. The molecule has 0 atom stereocenters. The van der Waals surface area contributed by atoms with Crippen LogP contribution < -0.4 is 10.1 Å². The van der Waals surface area contributed by atoms with E-state index in [1.165, 1.54) is 0 Å². The van der Waals surface area contributed by atoms with E-state index in [2.05, 4.69) is 34.2 Å². The van der Waals surface area contributed by atoms with Crippen molar-refractivity contribution in [3.8, 4) is 11.5 Å². The van der Waals surface area contributed by atoms with Crippen LogP contribution in [0.5, 0.6) is 11.5 Å². The predicted molar refractivity (Wildman–Crippen MR) is 92.5 cm³/mol. The second kappa shape index (κ2) is 7.30. The van der Waals surface area contributed by atoms with Crippen LogP contribution in [0.2, 0.25) is 5.02 Å². The fourth-order valence-corrected chi connectivity index (χ4v) is 2.66. The fraction of sp³-hybridized carbons (Fsp3) is 0.294. The van der Waals surface area contributed by atoms with Gasteiger partial charge in [-0.3, -0.25) is 0 Å². The lowest BCUT2D eigenvalue weighted by Gasteiger charge is -2.14. The average Bonchev–Trinajstić information content (AvgIpc) is 2.45. The van der Waals surface area contributed by atoms with Crippen LogP contribution in [-0.2, 0) is 6.54 Å². The van der Waals surface area contributed by atoms with Gasteiger partial charge >= 0.3 is 0 Å². The molecule has 0 saturated carbocycles. The van der Waals surface area contributed by atoms with Crippen LogP contribution in [-0.4, -0.2) is 6.54 Å². The Morgan fingerprint density at radius 3 is 2.43 bits per heavy atom. The van der Waals surface area contributed by atoms with Gasteiger partial charge in [-0.15, -0.1) is 0 Å². The normalized spacial score (nSPS) is 10.7. The molecule has 1 N–H and O–H groups in total. The minimum atomic E-state index is 0.775. The molecule has 2 rings (SSSR count). The molecule has 0 fully saturated rings. The number of rotatable bonds is 5. The topological polar surface area (TPSA) is 21.3 Å². The highest BCUT2D eigenvalue weighted by Crippen LogP contribution is 2.32. The van der Waals surface area contributed by atoms with E-state index in [0.717, 1.165) is 50.8 Å². The summed E-state index contributed by atoms with van der Waals surface area (Å²) in [5.41, 5.74) is 3.17. The Morgan fingerprint density at radius 2 is 1.81 bits per heavy atom. The summed E-state index contributed by atoms with van der Waals surface area (Å²) in [6, 6.07) is 9.98. The number of halogens is 2. The van der Waals surface area contributed by atoms with Gasteiger partial charge in [0.1, 0.15) is 11.5 Å². The number of aryl methyl sites for hydroxylation is 2. The molecule has 0 aliphatic carbocycles. The van der Waals surface area contributed by atoms with Gasteiger partial charge in [0.15, 0.2) is 0 Å². The lowest BCUT2D eigenvalue weighted by Crippen LogP contribution is -2.12. The first-order valence-corrected chi connectivity index (χ1v) is 8.12. The Hall–Kier alpha value is -1.03. The highest BCUT2D eigenvalue weighted by molar-refractivity contribution is 9.10. The van der Waals surface area contributed by atoms with Gasteiger partial charge < -0.3 is 10.1 Å². The summed E-state index contributed by atoms with van der Waals surface area (Å²) in [6.07, 6.45) is 0. The summed E-state index contributed by atoms with van der Waals surface area (Å²) < 4.78 is 7.11. The fourth-order valence-electron chi connectivity index (χ4n) is 2.14. The van der Waals surface area contributed by atoms with E-state index in [9.17, 15) is 0 Å². The van der Waals surface area contributed by atoms with Gasteiger partial charge in [0.25, 0.3) is 0 Å². The smallest absolute Gasteiger partial charge is 0.131 e. The predicted octanol–water partition coefficient (Wildman–Crippen LogP) is 5.62. The number of benzene rings is 2. The third-order valence-electron chi connectivity index (χ3n) is 3.23. The van der Waals surface area contributed by atoms with Crippen LogP contribution in [0.1, 0.15) is 23.6 Å². The Labute approximate surface area is 139 Å². The molecule has 112 valence electrons. The minimum absolute atomic E-state index is 0.775. The van der Waals surface area contributed by atoms with Crippen molar-refractivity contribution in [2.75, 3.05) is 6.54 Å². The van der Waals surface area contributed by atoms with Crippen molar-refractivity contribution in [2.24, 2.45) is 0 Å². The quantitative estimate of drug-likeness (QED) is 0.739. The maximum absolute atomic E-state index is 6.20. The zero-order chi connectivity index (χ0) is 15.4. The molecule has 0 radical (unpaired) electrons. The Bertz CT molecular complexity index is 620. The summed E-state index contributed by atoms with van der Waals surface area (Å²) in [7, 11) is 0.